The molecule has 0 aromatic carbocycles. The van der Waals surface area contributed by atoms with Crippen molar-refractivity contribution in [3.63, 3.8) is 0 Å². The first-order chi connectivity index (χ1) is 7.72. The van der Waals surface area contributed by atoms with Crippen LogP contribution < -0.4 is 9.64 Å². The number of nitrogens with zero attached hydrogens (tertiary/aromatic N) is 3. The molecule has 7 heteroatoms. The van der Waals surface area contributed by atoms with E-state index in [1.165, 1.54) is 7.11 Å². The van der Waals surface area contributed by atoms with Gasteiger partial charge in [-0.1, -0.05) is 0 Å². The summed E-state index contributed by atoms with van der Waals surface area (Å²) in [5, 5.41) is 17.8. The topological polar surface area (TPSA) is 78.7 Å². The maximum atomic E-state index is 8.89. The largest absolute Gasteiger partial charge is 0.480 e. The van der Waals surface area contributed by atoms with E-state index in [4.69, 9.17) is 14.9 Å². The highest BCUT2D eigenvalue weighted by Crippen LogP contribution is 2.23. The van der Waals surface area contributed by atoms with Crippen LogP contribution in [0.1, 0.15) is 0 Å². The molecule has 1 aromatic rings. The predicted molar refractivity (Wildman–Crippen MR) is 62.7 cm³/mol. The van der Waals surface area contributed by atoms with E-state index in [0.717, 1.165) is 0 Å². The second-order valence-corrected chi connectivity index (χ2v) is 3.82. The van der Waals surface area contributed by atoms with Crippen LogP contribution in [0.2, 0.25) is 0 Å². The molecule has 1 rings (SSSR count). The minimum absolute atomic E-state index is 0.0261. The fourth-order valence-corrected chi connectivity index (χ4v) is 1.54. The lowest BCUT2D eigenvalue weighted by Gasteiger charge is -2.20. The van der Waals surface area contributed by atoms with E-state index in [0.29, 0.717) is 29.4 Å². The third-order valence-corrected chi connectivity index (χ3v) is 2.46. The number of halogens is 1. The van der Waals surface area contributed by atoms with Gasteiger partial charge < -0.3 is 19.8 Å². The van der Waals surface area contributed by atoms with Crippen LogP contribution in [-0.4, -0.2) is 53.6 Å². The fourth-order valence-electron chi connectivity index (χ4n) is 1.19. The fraction of sp³-hybridized carbons (Fsp3) is 0.556. The number of ether oxygens (including phenoxy) is 1. The van der Waals surface area contributed by atoms with E-state index in [2.05, 4.69) is 25.9 Å². The van der Waals surface area contributed by atoms with Crippen LogP contribution >= 0.6 is 15.9 Å². The number of anilines is 1. The monoisotopic (exact) mass is 291 g/mol. The number of hydrogen-bond donors (Lipinski definition) is 2. The van der Waals surface area contributed by atoms with Gasteiger partial charge in [-0.05, 0) is 15.9 Å². The summed E-state index contributed by atoms with van der Waals surface area (Å²) >= 11 is 3.25. The van der Waals surface area contributed by atoms with Crippen LogP contribution in [0, 0.1) is 0 Å². The van der Waals surface area contributed by atoms with Gasteiger partial charge >= 0.3 is 0 Å². The van der Waals surface area contributed by atoms with Gasteiger partial charge in [0.2, 0.25) is 11.8 Å². The van der Waals surface area contributed by atoms with Crippen molar-refractivity contribution in [3.8, 4) is 5.88 Å². The molecule has 1 aromatic heterocycles. The predicted octanol–water partition coefficient (Wildman–Crippen LogP) is 0.0387. The van der Waals surface area contributed by atoms with Gasteiger partial charge in [-0.3, -0.25) is 0 Å². The second kappa shape index (κ2) is 6.62. The summed E-state index contributed by atoms with van der Waals surface area (Å²) in [4.78, 5) is 9.92. The first-order valence-corrected chi connectivity index (χ1v) is 5.55. The van der Waals surface area contributed by atoms with Crippen LogP contribution in [0.15, 0.2) is 10.7 Å². The van der Waals surface area contributed by atoms with Crippen molar-refractivity contribution in [2.24, 2.45) is 0 Å². The van der Waals surface area contributed by atoms with E-state index >= 15 is 0 Å². The molecular weight excluding hydrogens is 278 g/mol. The average Bonchev–Trinajstić information content (AvgIpc) is 2.29. The van der Waals surface area contributed by atoms with Crippen molar-refractivity contribution in [1.29, 1.82) is 0 Å². The van der Waals surface area contributed by atoms with Crippen molar-refractivity contribution < 1.29 is 14.9 Å². The molecular formula is C9H14BrN3O3. The number of aliphatic hydroxyl groups is 2. The van der Waals surface area contributed by atoms with Crippen molar-refractivity contribution in [2.75, 3.05) is 38.3 Å². The Morgan fingerprint density at radius 3 is 2.50 bits per heavy atom. The van der Waals surface area contributed by atoms with Gasteiger partial charge in [0, 0.05) is 13.1 Å². The summed E-state index contributed by atoms with van der Waals surface area (Å²) in [7, 11) is 1.51. The first-order valence-electron chi connectivity index (χ1n) is 4.76. The third kappa shape index (κ3) is 3.29. The summed E-state index contributed by atoms with van der Waals surface area (Å²) in [5.74, 6) is 0.842. The summed E-state index contributed by atoms with van der Waals surface area (Å²) in [5.41, 5.74) is 0. The summed E-state index contributed by atoms with van der Waals surface area (Å²) < 4.78 is 5.70. The van der Waals surface area contributed by atoms with E-state index in [9.17, 15) is 0 Å². The lowest BCUT2D eigenvalue weighted by molar-refractivity contribution is 0.279. The molecule has 0 spiro atoms. The van der Waals surface area contributed by atoms with Crippen molar-refractivity contribution >= 4 is 21.9 Å². The minimum atomic E-state index is -0.0261. The Morgan fingerprint density at radius 2 is 2.00 bits per heavy atom. The molecule has 0 unspecified atom stereocenters. The molecule has 2 N–H and O–H groups in total. The molecule has 6 nitrogen and oxygen atoms in total. The zero-order valence-electron chi connectivity index (χ0n) is 8.93. The Labute approximate surface area is 102 Å². The highest BCUT2D eigenvalue weighted by molar-refractivity contribution is 9.10. The highest BCUT2D eigenvalue weighted by atomic mass is 79.9. The van der Waals surface area contributed by atoms with E-state index in [1.807, 2.05) is 0 Å². The average molecular weight is 292 g/mol. The van der Waals surface area contributed by atoms with Crippen LogP contribution in [0.25, 0.3) is 0 Å². The molecule has 90 valence electrons. The Balaban J connectivity index is 2.90. The standard InChI is InChI=1S/C9H14BrN3O3/c1-16-8-7(10)6-11-9(12-8)13(2-4-14)3-5-15/h6,14-15H,2-5H2,1H3. The van der Waals surface area contributed by atoms with E-state index < -0.39 is 0 Å². The van der Waals surface area contributed by atoms with Gasteiger partial charge in [0.25, 0.3) is 0 Å². The van der Waals surface area contributed by atoms with E-state index in [1.54, 1.807) is 11.1 Å². The Morgan fingerprint density at radius 1 is 1.38 bits per heavy atom. The molecule has 0 radical (unpaired) electrons. The van der Waals surface area contributed by atoms with Gasteiger partial charge in [0.15, 0.2) is 0 Å². The molecule has 0 atom stereocenters. The Bertz CT molecular complexity index is 332. The molecule has 0 fully saturated rings. The Kier molecular flexibility index (Phi) is 5.44. The lowest BCUT2D eigenvalue weighted by atomic mass is 10.5. The molecule has 0 saturated heterocycles. The van der Waals surface area contributed by atoms with Gasteiger partial charge in [0.1, 0.15) is 0 Å². The molecule has 1 heterocycles. The number of aliphatic hydroxyl groups excluding tert-OH is 2. The minimum Gasteiger partial charge on any atom is -0.480 e. The van der Waals surface area contributed by atoms with E-state index in [-0.39, 0.29) is 13.2 Å². The normalized spacial score (nSPS) is 10.2. The van der Waals surface area contributed by atoms with Crippen LogP contribution in [0.3, 0.4) is 0 Å². The summed E-state index contributed by atoms with van der Waals surface area (Å²) in [6, 6.07) is 0. The van der Waals surface area contributed by atoms with Gasteiger partial charge in [-0.25, -0.2) is 4.98 Å². The van der Waals surface area contributed by atoms with Crippen LogP contribution in [0.4, 0.5) is 5.95 Å². The number of hydrogen-bond acceptors (Lipinski definition) is 6. The summed E-state index contributed by atoms with van der Waals surface area (Å²) in [6.45, 7) is 0.681. The maximum Gasteiger partial charge on any atom is 0.232 e. The van der Waals surface area contributed by atoms with Crippen molar-refractivity contribution in [3.05, 3.63) is 10.7 Å². The maximum absolute atomic E-state index is 8.89. The molecule has 0 saturated carbocycles. The molecule has 0 amide bonds. The smallest absolute Gasteiger partial charge is 0.232 e. The summed E-state index contributed by atoms with van der Waals surface area (Å²) in [6.07, 6.45) is 1.57. The van der Waals surface area contributed by atoms with Gasteiger partial charge in [-0.2, -0.15) is 4.98 Å². The van der Waals surface area contributed by atoms with Crippen LogP contribution in [0.5, 0.6) is 5.88 Å². The quantitative estimate of drug-likeness (QED) is 0.770. The zero-order chi connectivity index (χ0) is 12.0. The molecule has 0 aliphatic rings. The SMILES string of the molecule is COc1nc(N(CCO)CCO)ncc1Br. The number of rotatable bonds is 6. The molecule has 0 aliphatic heterocycles. The molecule has 0 aliphatic carbocycles. The van der Waals surface area contributed by atoms with Crippen molar-refractivity contribution in [2.45, 2.75) is 0 Å². The van der Waals surface area contributed by atoms with Crippen molar-refractivity contribution in [1.82, 2.24) is 9.97 Å². The first kappa shape index (κ1) is 13.1. The lowest BCUT2D eigenvalue weighted by Crippen LogP contribution is -2.31. The Hall–Kier alpha value is -0.920. The second-order valence-electron chi connectivity index (χ2n) is 2.96. The molecule has 0 bridgehead atoms. The number of methoxy groups -OCH3 is 1. The van der Waals surface area contributed by atoms with Gasteiger partial charge in [0.05, 0.1) is 31.0 Å². The highest BCUT2D eigenvalue weighted by Gasteiger charge is 2.11. The zero-order valence-corrected chi connectivity index (χ0v) is 10.5. The van der Waals surface area contributed by atoms with Crippen LogP contribution in [-0.2, 0) is 0 Å². The molecule has 16 heavy (non-hydrogen) atoms. The third-order valence-electron chi connectivity index (χ3n) is 1.92. The van der Waals surface area contributed by atoms with Gasteiger partial charge in [-0.15, -0.1) is 0 Å². The number of aromatic nitrogens is 2.